The highest BCUT2D eigenvalue weighted by molar-refractivity contribution is 5.40. The van der Waals surface area contributed by atoms with Gasteiger partial charge < -0.3 is 10.1 Å². The van der Waals surface area contributed by atoms with Gasteiger partial charge in [-0.2, -0.15) is 0 Å². The molecule has 1 aromatic rings. The minimum atomic E-state index is 0.781. The molecule has 2 rings (SSSR count). The van der Waals surface area contributed by atoms with Gasteiger partial charge in [-0.05, 0) is 63.0 Å². The van der Waals surface area contributed by atoms with E-state index in [0.717, 1.165) is 38.5 Å². The Balaban J connectivity index is 1.83. The Hall–Kier alpha value is -1.06. The predicted molar refractivity (Wildman–Crippen MR) is 80.1 cm³/mol. The van der Waals surface area contributed by atoms with Gasteiger partial charge in [0.05, 0.1) is 0 Å². The van der Waals surface area contributed by atoms with E-state index in [-0.39, 0.29) is 0 Å². The maximum atomic E-state index is 5.95. The molecule has 19 heavy (non-hydrogen) atoms. The van der Waals surface area contributed by atoms with Crippen LogP contribution in [0.15, 0.2) is 12.1 Å². The number of hydrogen-bond acceptors (Lipinski definition) is 3. The summed E-state index contributed by atoms with van der Waals surface area (Å²) in [6.07, 6.45) is 1.24. The number of benzene rings is 1. The second-order valence-corrected chi connectivity index (χ2v) is 5.50. The van der Waals surface area contributed by atoms with Gasteiger partial charge in [-0.1, -0.05) is 6.07 Å². The summed E-state index contributed by atoms with van der Waals surface area (Å²) in [4.78, 5) is 2.48. The smallest absolute Gasteiger partial charge is 0.122 e. The Labute approximate surface area is 116 Å². The van der Waals surface area contributed by atoms with Gasteiger partial charge in [0.15, 0.2) is 0 Å². The molecule has 1 fully saturated rings. The molecule has 0 amide bonds. The molecule has 0 radical (unpaired) electrons. The topological polar surface area (TPSA) is 24.5 Å². The minimum absolute atomic E-state index is 0.781. The molecule has 1 aliphatic rings. The number of ether oxygens (including phenoxy) is 1. The molecule has 1 aromatic carbocycles. The van der Waals surface area contributed by atoms with E-state index in [2.05, 4.69) is 43.1 Å². The number of nitrogens with one attached hydrogen (secondary N) is 1. The van der Waals surface area contributed by atoms with Crippen molar-refractivity contribution in [1.82, 2.24) is 10.2 Å². The van der Waals surface area contributed by atoms with Crippen molar-refractivity contribution in [2.24, 2.45) is 0 Å². The Bertz CT molecular complexity index is 409. The van der Waals surface area contributed by atoms with Crippen molar-refractivity contribution in [3.8, 4) is 5.75 Å². The molecule has 1 saturated heterocycles. The van der Waals surface area contributed by atoms with Crippen LogP contribution in [0.1, 0.15) is 23.1 Å². The zero-order chi connectivity index (χ0) is 13.7. The van der Waals surface area contributed by atoms with Gasteiger partial charge in [0.25, 0.3) is 0 Å². The summed E-state index contributed by atoms with van der Waals surface area (Å²) in [5.41, 5.74) is 3.88. The van der Waals surface area contributed by atoms with Crippen molar-refractivity contribution in [2.75, 3.05) is 39.3 Å². The van der Waals surface area contributed by atoms with E-state index in [4.69, 9.17) is 4.74 Å². The van der Waals surface area contributed by atoms with Gasteiger partial charge in [0, 0.05) is 19.6 Å². The van der Waals surface area contributed by atoms with Crippen LogP contribution in [0.3, 0.4) is 0 Å². The van der Waals surface area contributed by atoms with Crippen LogP contribution >= 0.6 is 0 Å². The van der Waals surface area contributed by atoms with Gasteiger partial charge in [-0.25, -0.2) is 0 Å². The van der Waals surface area contributed by atoms with Crippen molar-refractivity contribution in [3.05, 3.63) is 28.8 Å². The molecule has 1 heterocycles. The van der Waals surface area contributed by atoms with Crippen LogP contribution in [-0.2, 0) is 0 Å². The van der Waals surface area contributed by atoms with Crippen LogP contribution in [0.25, 0.3) is 0 Å². The van der Waals surface area contributed by atoms with Gasteiger partial charge in [-0.15, -0.1) is 0 Å². The normalized spacial score (nSPS) is 17.2. The lowest BCUT2D eigenvalue weighted by atomic mass is 10.1. The second-order valence-electron chi connectivity index (χ2n) is 5.50. The molecule has 0 bridgehead atoms. The Morgan fingerprint density at radius 1 is 1.05 bits per heavy atom. The maximum absolute atomic E-state index is 5.95. The fourth-order valence-corrected chi connectivity index (χ4v) is 2.50. The highest BCUT2D eigenvalue weighted by Gasteiger charge is 2.09. The van der Waals surface area contributed by atoms with E-state index >= 15 is 0 Å². The molecule has 106 valence electrons. The van der Waals surface area contributed by atoms with Gasteiger partial charge in [0.1, 0.15) is 12.4 Å². The van der Waals surface area contributed by atoms with Crippen molar-refractivity contribution < 1.29 is 4.74 Å². The third kappa shape index (κ3) is 4.22. The van der Waals surface area contributed by atoms with Gasteiger partial charge in [-0.3, -0.25) is 4.90 Å². The fraction of sp³-hybridized carbons (Fsp3) is 0.625. The zero-order valence-corrected chi connectivity index (χ0v) is 12.5. The monoisotopic (exact) mass is 262 g/mol. The van der Waals surface area contributed by atoms with Crippen LogP contribution < -0.4 is 10.1 Å². The second kappa shape index (κ2) is 6.92. The van der Waals surface area contributed by atoms with E-state index in [9.17, 15) is 0 Å². The van der Waals surface area contributed by atoms with Crippen LogP contribution in [0.5, 0.6) is 5.75 Å². The first-order valence-corrected chi connectivity index (χ1v) is 7.30. The molecule has 0 aliphatic carbocycles. The number of hydrogen-bond donors (Lipinski definition) is 1. The van der Waals surface area contributed by atoms with Gasteiger partial charge >= 0.3 is 0 Å². The predicted octanol–water partition coefficient (Wildman–Crippen LogP) is 2.29. The summed E-state index contributed by atoms with van der Waals surface area (Å²) in [5, 5.41) is 3.43. The molecule has 0 unspecified atom stereocenters. The molecule has 3 heteroatoms. The summed E-state index contributed by atoms with van der Waals surface area (Å²) in [5.74, 6) is 1.04. The average molecular weight is 262 g/mol. The van der Waals surface area contributed by atoms with E-state index < -0.39 is 0 Å². The van der Waals surface area contributed by atoms with E-state index in [1.807, 2.05) is 0 Å². The van der Waals surface area contributed by atoms with Gasteiger partial charge in [0.2, 0.25) is 0 Å². The third-order valence-electron chi connectivity index (χ3n) is 3.89. The molecule has 1 aliphatic heterocycles. The molecular formula is C16H26N2O. The highest BCUT2D eigenvalue weighted by Crippen LogP contribution is 2.22. The van der Waals surface area contributed by atoms with Crippen molar-refractivity contribution >= 4 is 0 Å². The summed E-state index contributed by atoms with van der Waals surface area (Å²) in [6, 6.07) is 4.37. The average Bonchev–Trinajstić information content (AvgIpc) is 2.64. The number of rotatable bonds is 4. The van der Waals surface area contributed by atoms with Crippen LogP contribution in [0.4, 0.5) is 0 Å². The molecular weight excluding hydrogens is 236 g/mol. The molecule has 0 spiro atoms. The summed E-state index contributed by atoms with van der Waals surface area (Å²) in [6.45, 7) is 12.8. The molecule has 0 atom stereocenters. The Kier molecular flexibility index (Phi) is 5.23. The molecule has 1 N–H and O–H groups in total. The molecule has 0 saturated carbocycles. The number of aryl methyl sites for hydroxylation is 3. The van der Waals surface area contributed by atoms with Crippen LogP contribution in [0.2, 0.25) is 0 Å². The summed E-state index contributed by atoms with van der Waals surface area (Å²) >= 11 is 0. The largest absolute Gasteiger partial charge is 0.492 e. The van der Waals surface area contributed by atoms with E-state index in [1.54, 1.807) is 0 Å². The minimum Gasteiger partial charge on any atom is -0.492 e. The lowest BCUT2D eigenvalue weighted by molar-refractivity contribution is 0.217. The first-order valence-electron chi connectivity index (χ1n) is 7.30. The number of nitrogens with zero attached hydrogens (tertiary/aromatic N) is 1. The summed E-state index contributed by atoms with van der Waals surface area (Å²) < 4.78 is 5.95. The quantitative estimate of drug-likeness (QED) is 0.901. The van der Waals surface area contributed by atoms with Crippen molar-refractivity contribution in [3.63, 3.8) is 0 Å². The van der Waals surface area contributed by atoms with E-state index in [0.29, 0.717) is 0 Å². The summed E-state index contributed by atoms with van der Waals surface area (Å²) in [7, 11) is 0. The Morgan fingerprint density at radius 2 is 1.84 bits per heavy atom. The van der Waals surface area contributed by atoms with Crippen LogP contribution in [0, 0.1) is 20.8 Å². The lowest BCUT2D eigenvalue weighted by Crippen LogP contribution is -2.31. The third-order valence-corrected chi connectivity index (χ3v) is 3.89. The van der Waals surface area contributed by atoms with Crippen molar-refractivity contribution in [2.45, 2.75) is 27.2 Å². The molecule has 0 aromatic heterocycles. The maximum Gasteiger partial charge on any atom is 0.122 e. The van der Waals surface area contributed by atoms with Crippen LogP contribution in [-0.4, -0.2) is 44.2 Å². The SMILES string of the molecule is Cc1cc(C)c(OCCN2CCCNCC2)cc1C. The highest BCUT2D eigenvalue weighted by atomic mass is 16.5. The van der Waals surface area contributed by atoms with E-state index in [1.165, 1.54) is 29.7 Å². The standard InChI is InChI=1S/C16H26N2O/c1-13-11-15(3)16(12-14(13)2)19-10-9-18-7-4-5-17-6-8-18/h11-12,17H,4-10H2,1-3H3. The Morgan fingerprint density at radius 3 is 2.68 bits per heavy atom. The molecule has 3 nitrogen and oxygen atoms in total. The van der Waals surface area contributed by atoms with Crippen molar-refractivity contribution in [1.29, 1.82) is 0 Å². The first kappa shape index (κ1) is 14.4. The first-order chi connectivity index (χ1) is 9.16. The zero-order valence-electron chi connectivity index (χ0n) is 12.5. The lowest BCUT2D eigenvalue weighted by Gasteiger charge is -2.20. The fourth-order valence-electron chi connectivity index (χ4n) is 2.50.